The zero-order chi connectivity index (χ0) is 10.1. The number of ether oxygens (including phenoxy) is 1. The normalized spacial score (nSPS) is 10.8. The van der Waals surface area contributed by atoms with Crippen LogP contribution in [0.25, 0.3) is 10.1 Å². The molecule has 0 atom stereocenters. The Balaban J connectivity index is 2.72. The van der Waals surface area contributed by atoms with Crippen molar-refractivity contribution in [2.75, 3.05) is 7.11 Å². The first kappa shape index (κ1) is 10.1. The molecule has 0 amide bonds. The third kappa shape index (κ3) is 1.72. The average molecular weight is 245 g/mol. The molecule has 2 aromatic rings. The quantitative estimate of drug-likeness (QED) is 0.622. The fourth-order valence-corrected chi connectivity index (χ4v) is 2.84. The van der Waals surface area contributed by atoms with E-state index in [0.717, 1.165) is 25.6 Å². The molecule has 0 fully saturated rings. The molecule has 1 nitrogen and oxygen atoms in total. The number of thiophene rings is 1. The third-order valence-electron chi connectivity index (χ3n) is 2.00. The molecule has 1 aromatic heterocycles. The van der Waals surface area contributed by atoms with Gasteiger partial charge in [0.1, 0.15) is 5.75 Å². The van der Waals surface area contributed by atoms with Crippen LogP contribution >= 0.6 is 35.6 Å². The second-order valence-electron chi connectivity index (χ2n) is 2.93. The van der Waals surface area contributed by atoms with Crippen LogP contribution in [0.3, 0.4) is 0 Å². The molecular formula is C10H9ClOS2. The van der Waals surface area contributed by atoms with E-state index < -0.39 is 0 Å². The minimum Gasteiger partial charge on any atom is -0.495 e. The van der Waals surface area contributed by atoms with Crippen molar-refractivity contribution < 1.29 is 4.74 Å². The largest absolute Gasteiger partial charge is 0.495 e. The number of alkyl halides is 1. The van der Waals surface area contributed by atoms with Gasteiger partial charge in [-0.15, -0.1) is 35.6 Å². The first-order valence-corrected chi connectivity index (χ1v) is 5.90. The lowest BCUT2D eigenvalue weighted by atomic mass is 10.2. The van der Waals surface area contributed by atoms with Gasteiger partial charge in [0.05, 0.1) is 16.0 Å². The first-order valence-electron chi connectivity index (χ1n) is 4.10. The zero-order valence-corrected chi connectivity index (χ0v) is 10.0. The van der Waals surface area contributed by atoms with Gasteiger partial charge in [-0.1, -0.05) is 0 Å². The van der Waals surface area contributed by atoms with Crippen molar-refractivity contribution >= 4 is 45.7 Å². The minimum atomic E-state index is 0.504. The number of methoxy groups -OCH3 is 1. The van der Waals surface area contributed by atoms with E-state index in [2.05, 4.69) is 18.7 Å². The maximum atomic E-state index is 5.79. The fraction of sp³-hybridized carbons (Fsp3) is 0.200. The Morgan fingerprint density at radius 3 is 2.86 bits per heavy atom. The molecule has 2 rings (SSSR count). The number of rotatable bonds is 2. The zero-order valence-electron chi connectivity index (χ0n) is 7.58. The molecule has 4 heteroatoms. The molecule has 14 heavy (non-hydrogen) atoms. The summed E-state index contributed by atoms with van der Waals surface area (Å²) < 4.78 is 7.42. The summed E-state index contributed by atoms with van der Waals surface area (Å²) >= 11 is 11.7. The summed E-state index contributed by atoms with van der Waals surface area (Å²) in [5.41, 5.74) is 1.07. The van der Waals surface area contributed by atoms with E-state index in [1.807, 2.05) is 12.1 Å². The van der Waals surface area contributed by atoms with Crippen molar-refractivity contribution in [1.82, 2.24) is 0 Å². The summed E-state index contributed by atoms with van der Waals surface area (Å²) in [6, 6.07) is 6.07. The lowest BCUT2D eigenvalue weighted by Gasteiger charge is -2.03. The summed E-state index contributed by atoms with van der Waals surface area (Å²) in [5.74, 6) is 1.38. The molecule has 0 aliphatic carbocycles. The first-order chi connectivity index (χ1) is 6.74. The number of hydrogen-bond acceptors (Lipinski definition) is 3. The Labute approximate surface area is 97.1 Å². The summed E-state index contributed by atoms with van der Waals surface area (Å²) in [4.78, 5) is 0. The van der Waals surface area contributed by atoms with E-state index in [1.165, 1.54) is 0 Å². The summed E-state index contributed by atoms with van der Waals surface area (Å²) in [6.07, 6.45) is 0. The Morgan fingerprint density at radius 1 is 1.43 bits per heavy atom. The maximum Gasteiger partial charge on any atom is 0.137 e. The minimum absolute atomic E-state index is 0.504. The number of hydrogen-bond donors (Lipinski definition) is 1. The molecule has 0 N–H and O–H groups in total. The number of benzene rings is 1. The molecule has 0 saturated heterocycles. The van der Waals surface area contributed by atoms with Gasteiger partial charge in [0, 0.05) is 5.88 Å². The van der Waals surface area contributed by atoms with Crippen LogP contribution in [0.2, 0.25) is 0 Å². The highest BCUT2D eigenvalue weighted by atomic mass is 35.5. The van der Waals surface area contributed by atoms with Crippen LogP contribution in [-0.4, -0.2) is 7.11 Å². The lowest BCUT2D eigenvalue weighted by Crippen LogP contribution is -1.85. The fourth-order valence-electron chi connectivity index (χ4n) is 1.40. The van der Waals surface area contributed by atoms with Crippen molar-refractivity contribution in [3.05, 3.63) is 23.8 Å². The highest BCUT2D eigenvalue weighted by molar-refractivity contribution is 7.83. The van der Waals surface area contributed by atoms with Crippen LogP contribution in [0.5, 0.6) is 5.75 Å². The lowest BCUT2D eigenvalue weighted by molar-refractivity contribution is 0.420. The van der Waals surface area contributed by atoms with Crippen molar-refractivity contribution in [3.63, 3.8) is 0 Å². The van der Waals surface area contributed by atoms with E-state index in [9.17, 15) is 0 Å². The van der Waals surface area contributed by atoms with Gasteiger partial charge in [0.2, 0.25) is 0 Å². The SMILES string of the molecule is COc1cc(CCl)cc2cc(S)sc12. The molecule has 0 aliphatic heterocycles. The van der Waals surface area contributed by atoms with Crippen molar-refractivity contribution in [2.45, 2.75) is 10.1 Å². The molecule has 0 spiro atoms. The van der Waals surface area contributed by atoms with E-state index in [-0.39, 0.29) is 0 Å². The number of halogens is 1. The van der Waals surface area contributed by atoms with Crippen LogP contribution in [0, 0.1) is 0 Å². The molecule has 0 saturated carbocycles. The van der Waals surface area contributed by atoms with Gasteiger partial charge in [-0.25, -0.2) is 0 Å². The monoisotopic (exact) mass is 244 g/mol. The number of fused-ring (bicyclic) bond motifs is 1. The van der Waals surface area contributed by atoms with E-state index in [1.54, 1.807) is 18.4 Å². The molecule has 0 aliphatic rings. The summed E-state index contributed by atoms with van der Waals surface area (Å²) in [7, 11) is 1.67. The topological polar surface area (TPSA) is 9.23 Å². The Morgan fingerprint density at radius 2 is 2.21 bits per heavy atom. The van der Waals surface area contributed by atoms with Crippen LogP contribution in [0.15, 0.2) is 22.4 Å². The second-order valence-corrected chi connectivity index (χ2v) is 5.04. The van der Waals surface area contributed by atoms with Crippen molar-refractivity contribution in [2.24, 2.45) is 0 Å². The second kappa shape index (κ2) is 4.01. The Hall–Kier alpha value is -0.380. The van der Waals surface area contributed by atoms with Crippen LogP contribution in [-0.2, 0) is 5.88 Å². The van der Waals surface area contributed by atoms with Gasteiger partial charge in [-0.2, -0.15) is 0 Å². The molecule has 1 heterocycles. The molecule has 74 valence electrons. The predicted octanol–water partition coefficient (Wildman–Crippen LogP) is 3.94. The Bertz CT molecular complexity index is 464. The molecule has 0 unspecified atom stereocenters. The van der Waals surface area contributed by atoms with Gasteiger partial charge in [0.15, 0.2) is 0 Å². The predicted molar refractivity (Wildman–Crippen MR) is 65.2 cm³/mol. The van der Waals surface area contributed by atoms with Crippen molar-refractivity contribution in [3.8, 4) is 5.75 Å². The average Bonchev–Trinajstić information content (AvgIpc) is 2.56. The third-order valence-corrected chi connectivity index (χ3v) is 3.68. The van der Waals surface area contributed by atoms with E-state index >= 15 is 0 Å². The van der Waals surface area contributed by atoms with Gasteiger partial charge in [0.25, 0.3) is 0 Å². The Kier molecular flexibility index (Phi) is 2.91. The standard InChI is InChI=1S/C10H9ClOS2/c1-12-8-3-6(5-11)2-7-4-9(13)14-10(7)8/h2-4,13H,5H2,1H3. The van der Waals surface area contributed by atoms with Crippen LogP contribution in [0.4, 0.5) is 0 Å². The van der Waals surface area contributed by atoms with Gasteiger partial charge in [-0.3, -0.25) is 0 Å². The van der Waals surface area contributed by atoms with Gasteiger partial charge >= 0.3 is 0 Å². The summed E-state index contributed by atoms with van der Waals surface area (Å²) in [5, 5.41) is 1.15. The van der Waals surface area contributed by atoms with Crippen LogP contribution < -0.4 is 4.74 Å². The maximum absolute atomic E-state index is 5.79. The van der Waals surface area contributed by atoms with Crippen molar-refractivity contribution in [1.29, 1.82) is 0 Å². The van der Waals surface area contributed by atoms with E-state index in [0.29, 0.717) is 5.88 Å². The van der Waals surface area contributed by atoms with Crippen LogP contribution in [0.1, 0.15) is 5.56 Å². The smallest absolute Gasteiger partial charge is 0.137 e. The molecule has 0 radical (unpaired) electrons. The number of thiol groups is 1. The van der Waals surface area contributed by atoms with Gasteiger partial charge in [-0.05, 0) is 29.1 Å². The molecule has 0 bridgehead atoms. The highest BCUT2D eigenvalue weighted by Gasteiger charge is 2.07. The highest BCUT2D eigenvalue weighted by Crippen LogP contribution is 2.36. The van der Waals surface area contributed by atoms with E-state index in [4.69, 9.17) is 16.3 Å². The summed E-state index contributed by atoms with van der Waals surface area (Å²) in [6.45, 7) is 0. The molecular weight excluding hydrogens is 236 g/mol. The van der Waals surface area contributed by atoms with Gasteiger partial charge < -0.3 is 4.74 Å². The molecule has 1 aromatic carbocycles.